The van der Waals surface area contributed by atoms with Crippen LogP contribution in [-0.4, -0.2) is 18.7 Å². The van der Waals surface area contributed by atoms with Gasteiger partial charge >= 0.3 is 12.1 Å². The molecule has 0 bridgehead atoms. The Bertz CT molecular complexity index is 512. The Hall–Kier alpha value is -2.08. The van der Waals surface area contributed by atoms with E-state index in [2.05, 4.69) is 28.7 Å². The molecule has 1 rings (SSSR count). The zero-order valence-electron chi connectivity index (χ0n) is 15.8. The maximum Gasteiger partial charge on any atom is 0.543 e. The highest BCUT2D eigenvalue weighted by molar-refractivity contribution is 5.88. The summed E-state index contributed by atoms with van der Waals surface area (Å²) >= 11 is 0. The summed E-state index contributed by atoms with van der Waals surface area (Å²) in [5, 5.41) is 4.19. The Balaban J connectivity index is 2.07. The number of carbonyl (C=O) groups excluding carboxylic acids is 2. The smallest absolute Gasteiger partial charge is 0.432 e. The molecule has 0 spiro atoms. The number of unbranched alkanes of at least 4 members (excludes halogenated alkanes) is 6. The van der Waals surface area contributed by atoms with Crippen LogP contribution in [0.1, 0.15) is 81.1 Å². The van der Waals surface area contributed by atoms with E-state index < -0.39 is 12.1 Å². The van der Waals surface area contributed by atoms with Crippen molar-refractivity contribution < 1.29 is 29.1 Å². The largest absolute Gasteiger partial charge is 0.543 e. The van der Waals surface area contributed by atoms with Crippen LogP contribution in [0, 0.1) is 0 Å². The number of hydrogen-bond acceptors (Lipinski definition) is 6. The van der Waals surface area contributed by atoms with E-state index in [9.17, 15) is 9.59 Å². The molecule has 1 aromatic carbocycles. The summed E-state index contributed by atoms with van der Waals surface area (Å²) in [7, 11) is 0. The van der Waals surface area contributed by atoms with E-state index in [1.54, 1.807) is 12.1 Å². The van der Waals surface area contributed by atoms with E-state index in [0.29, 0.717) is 5.56 Å². The lowest BCUT2D eigenvalue weighted by atomic mass is 10.1. The van der Waals surface area contributed by atoms with Crippen LogP contribution in [0.4, 0.5) is 4.79 Å². The quantitative estimate of drug-likeness (QED) is 0.197. The third kappa shape index (κ3) is 10.0. The van der Waals surface area contributed by atoms with E-state index in [1.807, 2.05) is 12.1 Å². The summed E-state index contributed by atoms with van der Waals surface area (Å²) in [4.78, 5) is 31.7. The molecular weight excluding hydrogens is 336 g/mol. The first kappa shape index (κ1) is 22.0. The van der Waals surface area contributed by atoms with Crippen molar-refractivity contribution >= 4 is 12.1 Å². The molecule has 0 heterocycles. The fraction of sp³-hybridized carbons (Fsp3) is 0.600. The van der Waals surface area contributed by atoms with Crippen molar-refractivity contribution in [1.82, 2.24) is 0 Å². The number of carbonyl (C=O) groups is 2. The van der Waals surface area contributed by atoms with E-state index in [4.69, 9.17) is 4.74 Å². The highest BCUT2D eigenvalue weighted by Gasteiger charge is 2.12. The monoisotopic (exact) mass is 366 g/mol. The zero-order valence-corrected chi connectivity index (χ0v) is 15.8. The molecule has 0 fully saturated rings. The second-order valence-corrected chi connectivity index (χ2v) is 6.19. The molecule has 1 aromatic rings. The fourth-order valence-electron chi connectivity index (χ4n) is 2.46. The summed E-state index contributed by atoms with van der Waals surface area (Å²) in [6.07, 6.45) is 8.79. The molecule has 0 aliphatic heterocycles. The lowest BCUT2D eigenvalue weighted by Crippen LogP contribution is -2.12. The van der Waals surface area contributed by atoms with Crippen LogP contribution in [0.3, 0.4) is 0 Å². The summed E-state index contributed by atoms with van der Waals surface area (Å²) in [6.45, 7) is 4.52. The van der Waals surface area contributed by atoms with Gasteiger partial charge in [-0.1, -0.05) is 70.9 Å². The highest BCUT2D eigenvalue weighted by Crippen LogP contribution is 2.09. The molecule has 0 amide bonds. The van der Waals surface area contributed by atoms with Gasteiger partial charge in [0, 0.05) is 0 Å². The van der Waals surface area contributed by atoms with Crippen LogP contribution in [-0.2, 0) is 26.0 Å². The van der Waals surface area contributed by atoms with Gasteiger partial charge in [0.1, 0.15) is 0 Å². The normalized spacial score (nSPS) is 10.4. The third-order valence-corrected chi connectivity index (χ3v) is 3.91. The average Bonchev–Trinajstić information content (AvgIpc) is 2.64. The minimum absolute atomic E-state index is 0.253. The summed E-state index contributed by atoms with van der Waals surface area (Å²) < 4.78 is 4.82. The van der Waals surface area contributed by atoms with Gasteiger partial charge in [0.2, 0.25) is 0 Å². The molecule has 0 N–H and O–H groups in total. The summed E-state index contributed by atoms with van der Waals surface area (Å²) in [6, 6.07) is 6.96. The minimum Gasteiger partial charge on any atom is -0.432 e. The van der Waals surface area contributed by atoms with Crippen LogP contribution in [0.25, 0.3) is 0 Å². The van der Waals surface area contributed by atoms with Gasteiger partial charge < -0.3 is 4.74 Å². The molecule has 0 aliphatic rings. The van der Waals surface area contributed by atoms with Crippen LogP contribution in [0.5, 0.6) is 0 Å². The Labute approximate surface area is 155 Å². The van der Waals surface area contributed by atoms with Crippen LogP contribution in [0.2, 0.25) is 0 Å². The number of hydrogen-bond donors (Lipinski definition) is 0. The van der Waals surface area contributed by atoms with E-state index in [-0.39, 0.29) is 6.61 Å². The number of ether oxygens (including phenoxy) is 1. The molecule has 0 saturated heterocycles. The maximum absolute atomic E-state index is 11.7. The molecule has 146 valence electrons. The van der Waals surface area contributed by atoms with Crippen molar-refractivity contribution in [1.29, 1.82) is 0 Å². The Morgan fingerprint density at radius 2 is 1.46 bits per heavy atom. The molecule has 0 saturated carbocycles. The molecule has 6 nitrogen and oxygen atoms in total. The van der Waals surface area contributed by atoms with E-state index >= 15 is 0 Å². The second kappa shape index (κ2) is 14.1. The standard InChI is InChI=1S/C20H30O6/c1-3-5-6-7-8-9-10-16-23-20(22)25-26-24-19(21)18-14-12-17(11-4-2)13-15-18/h12-15H,3-11,16H2,1-2H3. The summed E-state index contributed by atoms with van der Waals surface area (Å²) in [5.41, 5.74) is 1.44. The maximum atomic E-state index is 11.7. The zero-order chi connectivity index (χ0) is 19.0. The van der Waals surface area contributed by atoms with Crippen molar-refractivity contribution in [2.24, 2.45) is 0 Å². The van der Waals surface area contributed by atoms with Crippen molar-refractivity contribution in [2.45, 2.75) is 71.6 Å². The Morgan fingerprint density at radius 3 is 2.12 bits per heavy atom. The van der Waals surface area contributed by atoms with Crippen LogP contribution >= 0.6 is 0 Å². The predicted octanol–water partition coefficient (Wildman–Crippen LogP) is 5.55. The van der Waals surface area contributed by atoms with Gasteiger partial charge in [-0.3, -0.25) is 4.89 Å². The molecule has 0 atom stereocenters. The van der Waals surface area contributed by atoms with Crippen molar-refractivity contribution in [2.75, 3.05) is 6.61 Å². The third-order valence-electron chi connectivity index (χ3n) is 3.91. The van der Waals surface area contributed by atoms with E-state index in [1.165, 1.54) is 25.7 Å². The molecule has 0 radical (unpaired) electrons. The number of rotatable bonds is 13. The Kier molecular flexibility index (Phi) is 11.9. The molecule has 0 aromatic heterocycles. The molecule has 26 heavy (non-hydrogen) atoms. The first-order valence-electron chi connectivity index (χ1n) is 9.48. The van der Waals surface area contributed by atoms with Gasteiger partial charge in [0.05, 0.1) is 17.2 Å². The van der Waals surface area contributed by atoms with Crippen molar-refractivity contribution in [3.8, 4) is 0 Å². The van der Waals surface area contributed by atoms with Gasteiger partial charge in [-0.05, 0) is 30.5 Å². The second-order valence-electron chi connectivity index (χ2n) is 6.19. The van der Waals surface area contributed by atoms with Crippen molar-refractivity contribution in [3.05, 3.63) is 35.4 Å². The number of benzene rings is 1. The van der Waals surface area contributed by atoms with E-state index in [0.717, 1.165) is 37.7 Å². The minimum atomic E-state index is -1.03. The SMILES string of the molecule is CCCCCCCCCOC(=O)OOOC(=O)c1ccc(CCC)cc1. The lowest BCUT2D eigenvalue weighted by molar-refractivity contribution is -0.452. The predicted molar refractivity (Wildman–Crippen MR) is 97.4 cm³/mol. The van der Waals surface area contributed by atoms with Crippen molar-refractivity contribution in [3.63, 3.8) is 0 Å². The number of aryl methyl sites for hydroxylation is 1. The average molecular weight is 366 g/mol. The topological polar surface area (TPSA) is 71.1 Å². The molecule has 0 aliphatic carbocycles. The van der Waals surface area contributed by atoms with Gasteiger partial charge in [0.25, 0.3) is 0 Å². The van der Waals surface area contributed by atoms with Gasteiger partial charge in [-0.25, -0.2) is 14.5 Å². The van der Waals surface area contributed by atoms with Gasteiger partial charge in [0.15, 0.2) is 0 Å². The van der Waals surface area contributed by atoms with Gasteiger partial charge in [-0.15, -0.1) is 0 Å². The highest BCUT2D eigenvalue weighted by atomic mass is 17.5. The first-order chi connectivity index (χ1) is 12.7. The lowest BCUT2D eigenvalue weighted by Gasteiger charge is -2.05. The fourth-order valence-corrected chi connectivity index (χ4v) is 2.46. The molecule has 6 heteroatoms. The Morgan fingerprint density at radius 1 is 0.808 bits per heavy atom. The molecular formula is C20H30O6. The first-order valence-corrected chi connectivity index (χ1v) is 9.48. The van der Waals surface area contributed by atoms with Gasteiger partial charge in [-0.2, -0.15) is 0 Å². The summed E-state index contributed by atoms with van der Waals surface area (Å²) in [5.74, 6) is -0.743. The van der Waals surface area contributed by atoms with Crippen LogP contribution in [0.15, 0.2) is 24.3 Å². The molecule has 0 unspecified atom stereocenters. The van der Waals surface area contributed by atoms with Crippen LogP contribution < -0.4 is 0 Å².